The molecular formula is C13H14N. The highest BCUT2D eigenvalue weighted by Gasteiger charge is 2.15. The first kappa shape index (κ1) is 9.27. The molecule has 0 aliphatic heterocycles. The molecule has 1 aromatic carbocycles. The predicted molar refractivity (Wildman–Crippen MR) is 56.7 cm³/mol. The van der Waals surface area contributed by atoms with Crippen LogP contribution >= 0.6 is 0 Å². The van der Waals surface area contributed by atoms with E-state index in [1.54, 1.807) is 0 Å². The van der Waals surface area contributed by atoms with Crippen molar-refractivity contribution in [3.63, 3.8) is 0 Å². The average molecular weight is 184 g/mol. The fourth-order valence-corrected chi connectivity index (χ4v) is 2.05. The zero-order valence-corrected chi connectivity index (χ0v) is 8.24. The number of benzene rings is 1. The number of nitrogens with zero attached hydrogens (tertiary/aromatic N) is 1. The third-order valence-electron chi connectivity index (χ3n) is 2.89. The second-order valence-electron chi connectivity index (χ2n) is 3.86. The van der Waals surface area contributed by atoms with Crippen molar-refractivity contribution < 1.29 is 0 Å². The van der Waals surface area contributed by atoms with Crippen molar-refractivity contribution in [3.05, 3.63) is 41.8 Å². The first-order chi connectivity index (χ1) is 6.90. The second kappa shape index (κ2) is 4.28. The van der Waals surface area contributed by atoms with Crippen molar-refractivity contribution in [3.8, 4) is 6.07 Å². The molecule has 0 heterocycles. The van der Waals surface area contributed by atoms with Crippen LogP contribution in [-0.4, -0.2) is 0 Å². The Morgan fingerprint density at radius 2 is 1.93 bits per heavy atom. The van der Waals surface area contributed by atoms with Crippen LogP contribution in [0.15, 0.2) is 24.3 Å². The quantitative estimate of drug-likeness (QED) is 0.656. The summed E-state index contributed by atoms with van der Waals surface area (Å²) >= 11 is 0. The van der Waals surface area contributed by atoms with Gasteiger partial charge >= 0.3 is 0 Å². The van der Waals surface area contributed by atoms with E-state index < -0.39 is 0 Å². The standard InChI is InChI=1S/C13H14N/c14-10-11-6-8-13(9-7-11)12-4-2-1-3-5-12/h4,6-9,12H,1-3,5H2. The van der Waals surface area contributed by atoms with Crippen molar-refractivity contribution in [1.82, 2.24) is 0 Å². The maximum absolute atomic E-state index is 8.68. The third-order valence-corrected chi connectivity index (χ3v) is 2.89. The van der Waals surface area contributed by atoms with Gasteiger partial charge < -0.3 is 0 Å². The van der Waals surface area contributed by atoms with Crippen LogP contribution < -0.4 is 0 Å². The van der Waals surface area contributed by atoms with Gasteiger partial charge in [0.05, 0.1) is 11.6 Å². The molecule has 0 spiro atoms. The van der Waals surface area contributed by atoms with E-state index in [4.69, 9.17) is 5.26 Å². The van der Waals surface area contributed by atoms with Crippen LogP contribution in [0.4, 0.5) is 0 Å². The van der Waals surface area contributed by atoms with Gasteiger partial charge in [0, 0.05) is 0 Å². The summed E-state index contributed by atoms with van der Waals surface area (Å²) in [6.07, 6.45) is 7.59. The summed E-state index contributed by atoms with van der Waals surface area (Å²) in [6.45, 7) is 0. The molecular weight excluding hydrogens is 170 g/mol. The highest BCUT2D eigenvalue weighted by Crippen LogP contribution is 2.31. The van der Waals surface area contributed by atoms with Crippen LogP contribution in [0.2, 0.25) is 0 Å². The molecule has 1 aromatic rings. The van der Waals surface area contributed by atoms with Crippen molar-refractivity contribution >= 4 is 0 Å². The van der Waals surface area contributed by atoms with Gasteiger partial charge in [0.15, 0.2) is 0 Å². The summed E-state index contributed by atoms with van der Waals surface area (Å²) in [5.41, 5.74) is 2.12. The van der Waals surface area contributed by atoms with E-state index in [0.717, 1.165) is 5.56 Å². The van der Waals surface area contributed by atoms with Gasteiger partial charge in [0.1, 0.15) is 0 Å². The molecule has 1 fully saturated rings. The predicted octanol–water partition coefficient (Wildman–Crippen LogP) is 3.42. The minimum absolute atomic E-state index is 0.622. The Morgan fingerprint density at radius 1 is 1.14 bits per heavy atom. The Labute approximate surface area is 85.4 Å². The van der Waals surface area contributed by atoms with Gasteiger partial charge in [-0.3, -0.25) is 0 Å². The zero-order chi connectivity index (χ0) is 9.80. The summed E-state index contributed by atoms with van der Waals surface area (Å²) in [5, 5.41) is 8.68. The molecule has 1 saturated carbocycles. The molecule has 0 N–H and O–H groups in total. The van der Waals surface area contributed by atoms with Gasteiger partial charge in [-0.05, 0) is 42.9 Å². The lowest BCUT2D eigenvalue weighted by molar-refractivity contribution is 0.534. The van der Waals surface area contributed by atoms with E-state index in [-0.39, 0.29) is 0 Å². The maximum Gasteiger partial charge on any atom is 0.0991 e. The van der Waals surface area contributed by atoms with Crippen molar-refractivity contribution in [2.75, 3.05) is 0 Å². The molecule has 0 saturated heterocycles. The van der Waals surface area contributed by atoms with E-state index in [9.17, 15) is 0 Å². The Morgan fingerprint density at radius 3 is 2.50 bits per heavy atom. The highest BCUT2D eigenvalue weighted by atomic mass is 14.2. The Hall–Kier alpha value is -1.29. The van der Waals surface area contributed by atoms with E-state index in [1.165, 1.54) is 31.2 Å². The minimum Gasteiger partial charge on any atom is -0.192 e. The molecule has 1 atom stereocenters. The van der Waals surface area contributed by atoms with Gasteiger partial charge in [-0.15, -0.1) is 0 Å². The third kappa shape index (κ3) is 1.96. The first-order valence-corrected chi connectivity index (χ1v) is 5.23. The summed E-state index contributed by atoms with van der Waals surface area (Å²) in [4.78, 5) is 0. The molecule has 71 valence electrons. The number of rotatable bonds is 1. The van der Waals surface area contributed by atoms with E-state index in [1.807, 2.05) is 12.1 Å². The molecule has 1 heteroatoms. The van der Waals surface area contributed by atoms with Crippen molar-refractivity contribution in [2.24, 2.45) is 0 Å². The molecule has 1 nitrogen and oxygen atoms in total. The zero-order valence-electron chi connectivity index (χ0n) is 8.24. The van der Waals surface area contributed by atoms with E-state index in [0.29, 0.717) is 5.92 Å². The van der Waals surface area contributed by atoms with Crippen LogP contribution in [0.1, 0.15) is 42.7 Å². The Bertz CT molecular complexity index is 325. The highest BCUT2D eigenvalue weighted by molar-refractivity contribution is 5.34. The maximum atomic E-state index is 8.68. The molecule has 0 aromatic heterocycles. The monoisotopic (exact) mass is 184 g/mol. The van der Waals surface area contributed by atoms with Crippen molar-refractivity contribution in [1.29, 1.82) is 5.26 Å². The molecule has 0 amide bonds. The Kier molecular flexibility index (Phi) is 2.84. The van der Waals surface area contributed by atoms with E-state index >= 15 is 0 Å². The summed E-state index contributed by atoms with van der Waals surface area (Å²) in [7, 11) is 0. The normalized spacial score (nSPS) is 17.6. The number of nitriles is 1. The largest absolute Gasteiger partial charge is 0.192 e. The van der Waals surface area contributed by atoms with Gasteiger partial charge in [-0.2, -0.15) is 5.26 Å². The lowest BCUT2D eigenvalue weighted by Crippen LogP contribution is -2.04. The molecule has 1 unspecified atom stereocenters. The van der Waals surface area contributed by atoms with Crippen LogP contribution in [0.25, 0.3) is 0 Å². The fourth-order valence-electron chi connectivity index (χ4n) is 2.05. The smallest absolute Gasteiger partial charge is 0.0991 e. The second-order valence-corrected chi connectivity index (χ2v) is 3.86. The van der Waals surface area contributed by atoms with Gasteiger partial charge in [-0.25, -0.2) is 0 Å². The van der Waals surface area contributed by atoms with Crippen LogP contribution in [-0.2, 0) is 0 Å². The summed E-state index contributed by atoms with van der Waals surface area (Å²) in [6, 6.07) is 10.2. The van der Waals surface area contributed by atoms with Gasteiger partial charge in [0.25, 0.3) is 0 Å². The molecule has 14 heavy (non-hydrogen) atoms. The van der Waals surface area contributed by atoms with Crippen LogP contribution in [0.5, 0.6) is 0 Å². The molecule has 1 aliphatic carbocycles. The summed E-state index contributed by atoms with van der Waals surface area (Å²) < 4.78 is 0. The lowest BCUT2D eigenvalue weighted by atomic mass is 9.84. The molecule has 1 radical (unpaired) electrons. The minimum atomic E-state index is 0.622. The number of hydrogen-bond acceptors (Lipinski definition) is 1. The fraction of sp³-hybridized carbons (Fsp3) is 0.385. The SMILES string of the molecule is N#Cc1ccc(C2[CH]CCCC2)cc1. The van der Waals surface area contributed by atoms with Gasteiger partial charge in [-0.1, -0.05) is 25.0 Å². The topological polar surface area (TPSA) is 23.8 Å². The Balaban J connectivity index is 2.12. The lowest BCUT2D eigenvalue weighted by Gasteiger charge is -2.21. The summed E-state index contributed by atoms with van der Waals surface area (Å²) in [5.74, 6) is 0.622. The van der Waals surface area contributed by atoms with Crippen LogP contribution in [0, 0.1) is 17.8 Å². The number of hydrogen-bond donors (Lipinski definition) is 0. The molecule has 1 aliphatic rings. The first-order valence-electron chi connectivity index (χ1n) is 5.23. The van der Waals surface area contributed by atoms with Crippen LogP contribution in [0.3, 0.4) is 0 Å². The van der Waals surface area contributed by atoms with Gasteiger partial charge in [0.2, 0.25) is 0 Å². The van der Waals surface area contributed by atoms with E-state index in [2.05, 4.69) is 24.6 Å². The molecule has 0 bridgehead atoms. The van der Waals surface area contributed by atoms with Crippen molar-refractivity contribution in [2.45, 2.75) is 31.6 Å². The molecule has 2 rings (SSSR count). The average Bonchev–Trinajstić information content (AvgIpc) is 2.30.